The standard InChI is InChI=1S/C15H20N2O4S/c1-3-8-16-15(18)13-4-6-14(7-5-13)22(19,20)17-9-10-21-12(2)11-17/h3-7,12H,1,8-11H2,2H3,(H,16,18). The highest BCUT2D eigenvalue weighted by molar-refractivity contribution is 7.89. The average Bonchev–Trinajstić information content (AvgIpc) is 2.52. The van der Waals surface area contributed by atoms with E-state index in [1.54, 1.807) is 6.08 Å². The van der Waals surface area contributed by atoms with Crippen molar-refractivity contribution in [2.75, 3.05) is 26.2 Å². The van der Waals surface area contributed by atoms with E-state index in [4.69, 9.17) is 4.74 Å². The minimum atomic E-state index is -3.55. The highest BCUT2D eigenvalue weighted by atomic mass is 32.2. The van der Waals surface area contributed by atoms with Gasteiger partial charge in [0.1, 0.15) is 0 Å². The molecule has 1 aliphatic rings. The normalized spacial score (nSPS) is 19.6. The largest absolute Gasteiger partial charge is 0.376 e. The Balaban J connectivity index is 2.15. The smallest absolute Gasteiger partial charge is 0.251 e. The summed E-state index contributed by atoms with van der Waals surface area (Å²) < 4.78 is 31.9. The number of amides is 1. The minimum absolute atomic E-state index is 0.118. The van der Waals surface area contributed by atoms with Gasteiger partial charge < -0.3 is 10.1 Å². The maximum atomic E-state index is 12.5. The molecule has 0 radical (unpaired) electrons. The van der Waals surface area contributed by atoms with Gasteiger partial charge in [0, 0.05) is 25.2 Å². The topological polar surface area (TPSA) is 75.7 Å². The van der Waals surface area contributed by atoms with Gasteiger partial charge in [-0.25, -0.2) is 8.42 Å². The molecule has 0 spiro atoms. The first-order chi connectivity index (χ1) is 10.4. The van der Waals surface area contributed by atoms with Crippen LogP contribution in [0.4, 0.5) is 0 Å². The molecule has 7 heteroatoms. The SMILES string of the molecule is C=CCNC(=O)c1ccc(S(=O)(=O)N2CCOC(C)C2)cc1. The van der Waals surface area contributed by atoms with Gasteiger partial charge in [-0.3, -0.25) is 4.79 Å². The highest BCUT2D eigenvalue weighted by Gasteiger charge is 2.29. The van der Waals surface area contributed by atoms with Crippen LogP contribution in [-0.2, 0) is 14.8 Å². The fraction of sp³-hybridized carbons (Fsp3) is 0.400. The monoisotopic (exact) mass is 324 g/mol. The summed E-state index contributed by atoms with van der Waals surface area (Å²) in [5.74, 6) is -0.260. The molecule has 1 heterocycles. The Morgan fingerprint density at radius 3 is 2.73 bits per heavy atom. The van der Waals surface area contributed by atoms with Crippen LogP contribution >= 0.6 is 0 Å². The van der Waals surface area contributed by atoms with Crippen molar-refractivity contribution in [2.45, 2.75) is 17.9 Å². The molecule has 1 fully saturated rings. The number of carbonyl (C=O) groups excluding carboxylic acids is 1. The molecule has 2 rings (SSSR count). The van der Waals surface area contributed by atoms with Gasteiger partial charge in [0.2, 0.25) is 10.0 Å². The van der Waals surface area contributed by atoms with Gasteiger partial charge in [-0.15, -0.1) is 6.58 Å². The van der Waals surface area contributed by atoms with Crippen LogP contribution in [0.1, 0.15) is 17.3 Å². The Morgan fingerprint density at radius 2 is 2.14 bits per heavy atom. The van der Waals surface area contributed by atoms with Crippen molar-refractivity contribution in [3.8, 4) is 0 Å². The molecule has 1 amide bonds. The summed E-state index contributed by atoms with van der Waals surface area (Å²) in [6, 6.07) is 5.93. The number of morpholine rings is 1. The molecule has 1 aromatic rings. The molecular formula is C15H20N2O4S. The zero-order valence-corrected chi connectivity index (χ0v) is 13.3. The van der Waals surface area contributed by atoms with Gasteiger partial charge >= 0.3 is 0 Å². The maximum Gasteiger partial charge on any atom is 0.251 e. The third kappa shape index (κ3) is 3.73. The van der Waals surface area contributed by atoms with Crippen LogP contribution in [0.5, 0.6) is 0 Å². The number of carbonyl (C=O) groups is 1. The van der Waals surface area contributed by atoms with E-state index in [2.05, 4.69) is 11.9 Å². The van der Waals surface area contributed by atoms with E-state index in [1.807, 2.05) is 6.92 Å². The summed E-state index contributed by atoms with van der Waals surface area (Å²) in [6.07, 6.45) is 1.46. The second kappa shape index (κ2) is 7.04. The van der Waals surface area contributed by atoms with Crippen molar-refractivity contribution in [3.63, 3.8) is 0 Å². The number of sulfonamides is 1. The molecule has 1 atom stereocenters. The molecule has 1 aliphatic heterocycles. The number of nitrogens with zero attached hydrogens (tertiary/aromatic N) is 1. The number of benzene rings is 1. The van der Waals surface area contributed by atoms with Gasteiger partial charge in [0.05, 0.1) is 17.6 Å². The second-order valence-corrected chi connectivity index (χ2v) is 7.01. The van der Waals surface area contributed by atoms with Gasteiger partial charge in [-0.05, 0) is 31.2 Å². The van der Waals surface area contributed by atoms with E-state index in [0.717, 1.165) is 0 Å². The predicted molar refractivity (Wildman–Crippen MR) is 83.1 cm³/mol. The highest BCUT2D eigenvalue weighted by Crippen LogP contribution is 2.19. The Kier molecular flexibility index (Phi) is 5.33. The van der Waals surface area contributed by atoms with Gasteiger partial charge in [0.25, 0.3) is 5.91 Å². The molecule has 22 heavy (non-hydrogen) atoms. The van der Waals surface area contributed by atoms with E-state index >= 15 is 0 Å². The van der Waals surface area contributed by atoms with Crippen molar-refractivity contribution in [2.24, 2.45) is 0 Å². The molecule has 1 aromatic carbocycles. The summed E-state index contributed by atoms with van der Waals surface area (Å²) in [7, 11) is -3.55. The Hall–Kier alpha value is -1.70. The molecule has 120 valence electrons. The first kappa shape index (κ1) is 16.7. The lowest BCUT2D eigenvalue weighted by atomic mass is 10.2. The summed E-state index contributed by atoms with van der Waals surface area (Å²) in [6.45, 7) is 6.80. The lowest BCUT2D eigenvalue weighted by molar-refractivity contribution is 0.0102. The summed E-state index contributed by atoms with van der Waals surface area (Å²) in [5.41, 5.74) is 0.413. The molecule has 1 N–H and O–H groups in total. The fourth-order valence-corrected chi connectivity index (χ4v) is 3.70. The first-order valence-corrected chi connectivity index (χ1v) is 8.50. The van der Waals surface area contributed by atoms with Gasteiger partial charge in [0.15, 0.2) is 0 Å². The van der Waals surface area contributed by atoms with Crippen molar-refractivity contribution in [1.29, 1.82) is 0 Å². The number of ether oxygens (including phenoxy) is 1. The zero-order chi connectivity index (χ0) is 16.2. The third-order valence-corrected chi connectivity index (χ3v) is 5.24. The number of hydrogen-bond donors (Lipinski definition) is 1. The molecule has 0 bridgehead atoms. The molecular weight excluding hydrogens is 304 g/mol. The molecule has 0 saturated carbocycles. The van der Waals surface area contributed by atoms with Crippen LogP contribution in [0.2, 0.25) is 0 Å². The third-order valence-electron chi connectivity index (χ3n) is 3.37. The lowest BCUT2D eigenvalue weighted by Gasteiger charge is -2.30. The summed E-state index contributed by atoms with van der Waals surface area (Å²) >= 11 is 0. The van der Waals surface area contributed by atoms with Crippen molar-refractivity contribution in [3.05, 3.63) is 42.5 Å². The van der Waals surface area contributed by atoms with E-state index in [-0.39, 0.29) is 16.9 Å². The zero-order valence-electron chi connectivity index (χ0n) is 12.5. The van der Waals surface area contributed by atoms with Crippen molar-refractivity contribution >= 4 is 15.9 Å². The number of rotatable bonds is 5. The quantitative estimate of drug-likeness (QED) is 0.820. The van der Waals surface area contributed by atoms with Crippen molar-refractivity contribution in [1.82, 2.24) is 9.62 Å². The predicted octanol–water partition coefficient (Wildman–Crippen LogP) is 1.01. The lowest BCUT2D eigenvalue weighted by Crippen LogP contribution is -2.44. The van der Waals surface area contributed by atoms with Crippen LogP contribution in [0.3, 0.4) is 0 Å². The Morgan fingerprint density at radius 1 is 1.45 bits per heavy atom. The average molecular weight is 324 g/mol. The van der Waals surface area contributed by atoms with Gasteiger partial charge in [-0.1, -0.05) is 6.08 Å². The van der Waals surface area contributed by atoms with Crippen LogP contribution in [0, 0.1) is 0 Å². The molecule has 1 unspecified atom stereocenters. The molecule has 1 saturated heterocycles. The van der Waals surface area contributed by atoms with E-state index in [1.165, 1.54) is 28.6 Å². The maximum absolute atomic E-state index is 12.5. The van der Waals surface area contributed by atoms with Crippen molar-refractivity contribution < 1.29 is 17.9 Å². The molecule has 0 aromatic heterocycles. The number of nitrogens with one attached hydrogen (secondary N) is 1. The Bertz CT molecular complexity index is 640. The van der Waals surface area contributed by atoms with E-state index < -0.39 is 10.0 Å². The fourth-order valence-electron chi connectivity index (χ4n) is 2.20. The number of hydrogen-bond acceptors (Lipinski definition) is 4. The molecule has 6 nitrogen and oxygen atoms in total. The van der Waals surface area contributed by atoms with E-state index in [0.29, 0.717) is 31.8 Å². The van der Waals surface area contributed by atoms with E-state index in [9.17, 15) is 13.2 Å². The summed E-state index contributed by atoms with van der Waals surface area (Å²) in [4.78, 5) is 12.0. The van der Waals surface area contributed by atoms with Crippen LogP contribution < -0.4 is 5.32 Å². The van der Waals surface area contributed by atoms with Crippen LogP contribution in [0.25, 0.3) is 0 Å². The van der Waals surface area contributed by atoms with Crippen LogP contribution in [-0.4, -0.2) is 51.0 Å². The minimum Gasteiger partial charge on any atom is -0.376 e. The first-order valence-electron chi connectivity index (χ1n) is 7.06. The van der Waals surface area contributed by atoms with Crippen LogP contribution in [0.15, 0.2) is 41.8 Å². The Labute approximate surface area is 130 Å². The van der Waals surface area contributed by atoms with Gasteiger partial charge in [-0.2, -0.15) is 4.31 Å². The molecule has 0 aliphatic carbocycles. The summed E-state index contributed by atoms with van der Waals surface area (Å²) in [5, 5.41) is 2.64. The second-order valence-electron chi connectivity index (χ2n) is 5.07.